The second-order valence-corrected chi connectivity index (χ2v) is 11.0. The summed E-state index contributed by atoms with van der Waals surface area (Å²) in [4.78, 5) is 3.28. The zero-order valence-corrected chi connectivity index (χ0v) is 19.8. The number of aryl methyl sites for hydroxylation is 1. The summed E-state index contributed by atoms with van der Waals surface area (Å²) in [6, 6.07) is 34.6. The predicted octanol–water partition coefficient (Wildman–Crippen LogP) is 7.81. The van der Waals surface area contributed by atoms with E-state index in [1.54, 1.807) is 12.1 Å². The van der Waals surface area contributed by atoms with Crippen molar-refractivity contribution in [3.63, 3.8) is 0 Å². The second kappa shape index (κ2) is 9.07. The van der Waals surface area contributed by atoms with E-state index in [-0.39, 0.29) is 22.6 Å². The van der Waals surface area contributed by atoms with Gasteiger partial charge in [-0.1, -0.05) is 60.7 Å². The van der Waals surface area contributed by atoms with Crippen molar-refractivity contribution in [2.24, 2.45) is 0 Å². The zero-order chi connectivity index (χ0) is 22.8. The molecule has 1 unspecified atom stereocenters. The van der Waals surface area contributed by atoms with E-state index in [0.717, 1.165) is 17.7 Å². The molecule has 4 aromatic rings. The zero-order valence-electron chi connectivity index (χ0n) is 19.0. The van der Waals surface area contributed by atoms with Crippen LogP contribution in [0, 0.1) is 5.82 Å². The average molecular weight is 456 g/mol. The summed E-state index contributed by atoms with van der Waals surface area (Å²) >= 11 is 0. The summed E-state index contributed by atoms with van der Waals surface area (Å²) in [6.07, 6.45) is 2.07. The minimum atomic E-state index is -0.504. The molecule has 1 nitrogen and oxygen atoms in total. The van der Waals surface area contributed by atoms with Crippen molar-refractivity contribution in [3.8, 4) is 5.75 Å². The van der Waals surface area contributed by atoms with Gasteiger partial charge in [-0.3, -0.25) is 0 Å². The van der Waals surface area contributed by atoms with E-state index in [4.69, 9.17) is 4.74 Å². The maximum atomic E-state index is 15.4. The fraction of sp³-hybridized carbons (Fsp3) is 0.200. The number of hydrogen-bond acceptors (Lipinski definition) is 1. The molecule has 3 heteroatoms. The van der Waals surface area contributed by atoms with Crippen molar-refractivity contribution < 1.29 is 9.13 Å². The average Bonchev–Trinajstić information content (AvgIpc) is 3.28. The molecule has 0 N–H and O–H groups in total. The molecule has 0 aliphatic heterocycles. The van der Waals surface area contributed by atoms with Crippen molar-refractivity contribution in [2.75, 3.05) is 0 Å². The highest BCUT2D eigenvalue weighted by Crippen LogP contribution is 2.43. The molecular formula is C30H28FOS+. The van der Waals surface area contributed by atoms with Crippen LogP contribution in [-0.4, -0.2) is 5.60 Å². The third-order valence-corrected chi connectivity index (χ3v) is 8.65. The van der Waals surface area contributed by atoms with Gasteiger partial charge in [0.15, 0.2) is 26.3 Å². The van der Waals surface area contributed by atoms with E-state index in [9.17, 15) is 0 Å². The van der Waals surface area contributed by atoms with Gasteiger partial charge in [-0.05, 0) is 74.2 Å². The largest absolute Gasteiger partial charge is 0.484 e. The molecule has 0 heterocycles. The van der Waals surface area contributed by atoms with Crippen LogP contribution < -0.4 is 4.74 Å². The summed E-state index contributed by atoms with van der Waals surface area (Å²) < 4.78 is 21.8. The lowest BCUT2D eigenvalue weighted by atomic mass is 9.85. The normalized spacial score (nSPS) is 15.5. The number of rotatable bonds is 6. The molecule has 5 rings (SSSR count). The SMILES string of the molecule is CC(C)(Oc1ccc([S+](c2ccccc2)c2ccccc2)cc1F)C1CCc2ccccc21. The van der Waals surface area contributed by atoms with Gasteiger partial charge in [0.2, 0.25) is 0 Å². The Morgan fingerprint density at radius 3 is 2.00 bits per heavy atom. The molecule has 0 fully saturated rings. The first kappa shape index (κ1) is 21.8. The minimum Gasteiger partial charge on any atom is -0.484 e. The molecule has 0 spiro atoms. The monoisotopic (exact) mass is 455 g/mol. The van der Waals surface area contributed by atoms with Gasteiger partial charge in [-0.15, -0.1) is 0 Å². The lowest BCUT2D eigenvalue weighted by Crippen LogP contribution is -2.35. The van der Waals surface area contributed by atoms with Gasteiger partial charge in [-0.25, -0.2) is 4.39 Å². The predicted molar refractivity (Wildman–Crippen MR) is 134 cm³/mol. The molecule has 0 saturated heterocycles. The fourth-order valence-corrected chi connectivity index (χ4v) is 6.95. The molecule has 0 amide bonds. The first-order valence-electron chi connectivity index (χ1n) is 11.4. The fourth-order valence-electron chi connectivity index (χ4n) is 4.85. The lowest BCUT2D eigenvalue weighted by molar-refractivity contribution is 0.0729. The number of fused-ring (bicyclic) bond motifs is 1. The molecule has 33 heavy (non-hydrogen) atoms. The van der Waals surface area contributed by atoms with Gasteiger partial charge < -0.3 is 4.74 Å². The highest BCUT2D eigenvalue weighted by atomic mass is 32.2. The Balaban J connectivity index is 1.45. The third kappa shape index (κ3) is 4.43. The number of benzene rings is 4. The van der Waals surface area contributed by atoms with Crippen molar-refractivity contribution in [2.45, 2.75) is 52.9 Å². The molecule has 0 bridgehead atoms. The van der Waals surface area contributed by atoms with Crippen LogP contribution in [0.3, 0.4) is 0 Å². The van der Waals surface area contributed by atoms with Crippen LogP contribution in [-0.2, 0) is 17.3 Å². The molecule has 0 aromatic heterocycles. The molecule has 1 aliphatic carbocycles. The summed E-state index contributed by atoms with van der Waals surface area (Å²) in [7, 11) is -0.384. The molecule has 1 aliphatic rings. The van der Waals surface area contributed by atoms with E-state index >= 15 is 4.39 Å². The smallest absolute Gasteiger partial charge is 0.170 e. The summed E-state index contributed by atoms with van der Waals surface area (Å²) in [5.41, 5.74) is 2.20. The maximum Gasteiger partial charge on any atom is 0.170 e. The van der Waals surface area contributed by atoms with Gasteiger partial charge in [0, 0.05) is 12.0 Å². The van der Waals surface area contributed by atoms with Crippen molar-refractivity contribution in [1.82, 2.24) is 0 Å². The van der Waals surface area contributed by atoms with Crippen LogP contribution in [0.25, 0.3) is 0 Å². The van der Waals surface area contributed by atoms with E-state index in [0.29, 0.717) is 5.75 Å². The molecule has 0 saturated carbocycles. The lowest BCUT2D eigenvalue weighted by Gasteiger charge is -2.33. The van der Waals surface area contributed by atoms with Gasteiger partial charge in [0.1, 0.15) is 5.60 Å². The Hall–Kier alpha value is -3.04. The Morgan fingerprint density at radius 1 is 0.758 bits per heavy atom. The number of halogens is 1. The first-order chi connectivity index (χ1) is 16.0. The number of ether oxygens (including phenoxy) is 1. The van der Waals surface area contributed by atoms with Crippen molar-refractivity contribution in [1.29, 1.82) is 0 Å². The van der Waals surface area contributed by atoms with E-state index in [2.05, 4.69) is 62.4 Å². The Kier molecular flexibility index (Phi) is 5.99. The topological polar surface area (TPSA) is 9.23 Å². The van der Waals surface area contributed by atoms with Crippen LogP contribution in [0.5, 0.6) is 5.75 Å². The van der Waals surface area contributed by atoms with Crippen LogP contribution in [0.1, 0.15) is 37.3 Å². The Bertz CT molecular complexity index is 1200. The minimum absolute atomic E-state index is 0.246. The molecule has 1 atom stereocenters. The highest BCUT2D eigenvalue weighted by Gasteiger charge is 2.38. The van der Waals surface area contributed by atoms with Crippen LogP contribution in [0.4, 0.5) is 4.39 Å². The summed E-state index contributed by atoms with van der Waals surface area (Å²) in [5.74, 6) is 0.255. The van der Waals surface area contributed by atoms with Gasteiger partial charge in [0.25, 0.3) is 0 Å². The maximum absolute atomic E-state index is 15.4. The molecular weight excluding hydrogens is 427 g/mol. The van der Waals surface area contributed by atoms with Crippen LogP contribution >= 0.6 is 0 Å². The third-order valence-electron chi connectivity index (χ3n) is 6.44. The Morgan fingerprint density at radius 2 is 1.36 bits per heavy atom. The van der Waals surface area contributed by atoms with Gasteiger partial charge in [-0.2, -0.15) is 0 Å². The van der Waals surface area contributed by atoms with E-state index in [1.807, 2.05) is 42.5 Å². The second-order valence-electron chi connectivity index (χ2n) is 9.02. The summed E-state index contributed by atoms with van der Waals surface area (Å²) in [5, 5.41) is 0. The van der Waals surface area contributed by atoms with Crippen molar-refractivity contribution >= 4 is 10.9 Å². The highest BCUT2D eigenvalue weighted by molar-refractivity contribution is 7.97. The molecule has 166 valence electrons. The molecule has 0 radical (unpaired) electrons. The van der Waals surface area contributed by atoms with Crippen molar-refractivity contribution in [3.05, 3.63) is 120 Å². The van der Waals surface area contributed by atoms with Gasteiger partial charge in [0.05, 0.1) is 10.9 Å². The summed E-state index contributed by atoms with van der Waals surface area (Å²) in [6.45, 7) is 4.15. The van der Waals surface area contributed by atoms with Crippen LogP contribution in [0.15, 0.2) is 118 Å². The standard InChI is InChI=1S/C30H28FOS/c1-30(2,27-19-17-22-11-9-10-16-26(22)27)32-29-20-18-25(21-28(29)31)33(23-12-5-3-6-13-23)24-14-7-4-8-15-24/h3-16,18,20-21,27H,17,19H2,1-2H3/q+1. The van der Waals surface area contributed by atoms with E-state index in [1.165, 1.54) is 20.9 Å². The Labute approximate surface area is 198 Å². The first-order valence-corrected chi connectivity index (χ1v) is 12.7. The van der Waals surface area contributed by atoms with Crippen LogP contribution in [0.2, 0.25) is 0 Å². The number of hydrogen-bond donors (Lipinski definition) is 0. The molecule has 4 aromatic carbocycles. The van der Waals surface area contributed by atoms with Gasteiger partial charge >= 0.3 is 0 Å². The van der Waals surface area contributed by atoms with E-state index < -0.39 is 5.60 Å². The quantitative estimate of drug-likeness (QED) is 0.269.